The second-order valence-electron chi connectivity index (χ2n) is 5.32. The van der Waals surface area contributed by atoms with Crippen molar-refractivity contribution in [1.29, 1.82) is 0 Å². The van der Waals surface area contributed by atoms with Crippen LogP contribution in [0.2, 0.25) is 0 Å². The third-order valence-electron chi connectivity index (χ3n) is 3.87. The topological polar surface area (TPSA) is 41.0 Å². The normalized spacial score (nSPS) is 23.6. The van der Waals surface area contributed by atoms with Crippen molar-refractivity contribution in [3.05, 3.63) is 60.2 Å². The van der Waals surface area contributed by atoms with Gasteiger partial charge in [-0.1, -0.05) is 30.3 Å². The highest BCUT2D eigenvalue weighted by molar-refractivity contribution is 5.20. The molecule has 2 heterocycles. The molecular formula is C16H20N4. The molecule has 1 aliphatic heterocycles. The second-order valence-corrected chi connectivity index (χ2v) is 5.32. The van der Waals surface area contributed by atoms with Crippen LogP contribution >= 0.6 is 0 Å². The zero-order valence-corrected chi connectivity index (χ0v) is 11.7. The monoisotopic (exact) mass is 268 g/mol. The van der Waals surface area contributed by atoms with Crippen molar-refractivity contribution in [2.75, 3.05) is 13.1 Å². The summed E-state index contributed by atoms with van der Waals surface area (Å²) in [4.78, 5) is 11.1. The van der Waals surface area contributed by atoms with Gasteiger partial charge in [0.1, 0.15) is 5.82 Å². The lowest BCUT2D eigenvalue weighted by molar-refractivity contribution is 0.130. The van der Waals surface area contributed by atoms with E-state index in [0.717, 1.165) is 25.5 Å². The maximum Gasteiger partial charge on any atom is 0.142 e. The van der Waals surface area contributed by atoms with Crippen LogP contribution in [-0.2, 0) is 6.54 Å². The molecule has 3 rings (SSSR count). The van der Waals surface area contributed by atoms with E-state index in [0.29, 0.717) is 12.1 Å². The van der Waals surface area contributed by atoms with Gasteiger partial charge in [-0.2, -0.15) is 0 Å². The molecule has 0 aliphatic carbocycles. The Balaban J connectivity index is 1.71. The summed E-state index contributed by atoms with van der Waals surface area (Å²) in [5, 5.41) is 3.62. The molecule has 20 heavy (non-hydrogen) atoms. The Morgan fingerprint density at radius 3 is 2.65 bits per heavy atom. The van der Waals surface area contributed by atoms with Gasteiger partial charge in [0.25, 0.3) is 0 Å². The molecule has 4 nitrogen and oxygen atoms in total. The molecule has 2 unspecified atom stereocenters. The molecule has 2 aromatic rings. The molecule has 0 spiro atoms. The quantitative estimate of drug-likeness (QED) is 0.924. The summed E-state index contributed by atoms with van der Waals surface area (Å²) in [6, 6.07) is 13.4. The minimum Gasteiger partial charge on any atom is -0.307 e. The molecule has 0 saturated carbocycles. The zero-order chi connectivity index (χ0) is 13.8. The van der Waals surface area contributed by atoms with Crippen LogP contribution in [0, 0.1) is 0 Å². The predicted octanol–water partition coefficient (Wildman–Crippen LogP) is 2.01. The highest BCUT2D eigenvalue weighted by atomic mass is 15.2. The molecule has 1 aromatic carbocycles. The predicted molar refractivity (Wildman–Crippen MR) is 79.1 cm³/mol. The van der Waals surface area contributed by atoms with Gasteiger partial charge in [-0.05, 0) is 18.6 Å². The molecule has 0 radical (unpaired) electrons. The Bertz CT molecular complexity index is 529. The van der Waals surface area contributed by atoms with Gasteiger partial charge < -0.3 is 5.32 Å². The van der Waals surface area contributed by atoms with Crippen LogP contribution in [0.5, 0.6) is 0 Å². The standard InChI is InChI=1S/C16H20N4/c1-13-10-19-15(14-6-3-2-4-7-14)11-20(13)12-16-17-8-5-9-18-16/h2-9,13,15,19H,10-12H2,1H3. The van der Waals surface area contributed by atoms with Gasteiger partial charge in [-0.25, -0.2) is 9.97 Å². The van der Waals surface area contributed by atoms with E-state index in [4.69, 9.17) is 0 Å². The van der Waals surface area contributed by atoms with Crippen LogP contribution in [0.4, 0.5) is 0 Å². The minimum atomic E-state index is 0.385. The van der Waals surface area contributed by atoms with Crippen molar-refractivity contribution >= 4 is 0 Å². The van der Waals surface area contributed by atoms with E-state index in [1.807, 2.05) is 18.5 Å². The van der Waals surface area contributed by atoms with Crippen LogP contribution in [-0.4, -0.2) is 34.0 Å². The Hall–Kier alpha value is -1.78. The fourth-order valence-electron chi connectivity index (χ4n) is 2.64. The second kappa shape index (κ2) is 6.11. The third kappa shape index (κ3) is 3.03. The molecule has 1 saturated heterocycles. The first kappa shape index (κ1) is 13.2. The van der Waals surface area contributed by atoms with Gasteiger partial charge in [-0.15, -0.1) is 0 Å². The maximum absolute atomic E-state index is 4.33. The highest BCUT2D eigenvalue weighted by Crippen LogP contribution is 2.20. The van der Waals surface area contributed by atoms with Crippen molar-refractivity contribution in [3.8, 4) is 0 Å². The molecule has 0 bridgehead atoms. The summed E-state index contributed by atoms with van der Waals surface area (Å²) in [5.41, 5.74) is 1.35. The fourth-order valence-corrected chi connectivity index (χ4v) is 2.64. The number of hydrogen-bond acceptors (Lipinski definition) is 4. The van der Waals surface area contributed by atoms with Crippen molar-refractivity contribution in [2.24, 2.45) is 0 Å². The van der Waals surface area contributed by atoms with Gasteiger partial charge in [0.05, 0.1) is 6.54 Å². The Morgan fingerprint density at radius 1 is 1.15 bits per heavy atom. The number of benzene rings is 1. The third-order valence-corrected chi connectivity index (χ3v) is 3.87. The lowest BCUT2D eigenvalue weighted by Gasteiger charge is -2.38. The number of aromatic nitrogens is 2. The summed E-state index contributed by atoms with van der Waals surface area (Å²) in [7, 11) is 0. The molecule has 1 N–H and O–H groups in total. The van der Waals surface area contributed by atoms with Crippen LogP contribution in [0.25, 0.3) is 0 Å². The summed E-state index contributed by atoms with van der Waals surface area (Å²) in [5.74, 6) is 0.896. The first-order chi connectivity index (χ1) is 9.83. The smallest absolute Gasteiger partial charge is 0.142 e. The van der Waals surface area contributed by atoms with Crippen molar-refractivity contribution < 1.29 is 0 Å². The summed E-state index contributed by atoms with van der Waals surface area (Å²) in [6.07, 6.45) is 3.62. The molecule has 1 aromatic heterocycles. The van der Waals surface area contributed by atoms with Crippen molar-refractivity contribution in [1.82, 2.24) is 20.2 Å². The van der Waals surface area contributed by atoms with Gasteiger partial charge in [0, 0.05) is 37.6 Å². The minimum absolute atomic E-state index is 0.385. The van der Waals surface area contributed by atoms with E-state index < -0.39 is 0 Å². The molecule has 0 amide bonds. The molecular weight excluding hydrogens is 248 g/mol. The van der Waals surface area contributed by atoms with Crippen LogP contribution in [0.3, 0.4) is 0 Å². The van der Waals surface area contributed by atoms with Crippen LogP contribution in [0.15, 0.2) is 48.8 Å². The van der Waals surface area contributed by atoms with Crippen molar-refractivity contribution in [2.45, 2.75) is 25.6 Å². The summed E-state index contributed by atoms with van der Waals surface area (Å²) < 4.78 is 0. The van der Waals surface area contributed by atoms with E-state index in [2.05, 4.69) is 57.4 Å². The van der Waals surface area contributed by atoms with Gasteiger partial charge in [0.2, 0.25) is 0 Å². The average Bonchev–Trinajstić information content (AvgIpc) is 2.51. The zero-order valence-electron chi connectivity index (χ0n) is 11.7. The molecule has 1 fully saturated rings. The SMILES string of the molecule is CC1CNC(c2ccccc2)CN1Cc1ncccn1. The number of nitrogens with zero attached hydrogens (tertiary/aromatic N) is 3. The van der Waals surface area contributed by atoms with Crippen LogP contribution in [0.1, 0.15) is 24.4 Å². The highest BCUT2D eigenvalue weighted by Gasteiger charge is 2.26. The summed E-state index contributed by atoms with van der Waals surface area (Å²) in [6.45, 7) is 5.04. The van der Waals surface area contributed by atoms with E-state index in [1.54, 1.807) is 0 Å². The fraction of sp³-hybridized carbons (Fsp3) is 0.375. The molecule has 2 atom stereocenters. The maximum atomic E-state index is 4.33. The van der Waals surface area contributed by atoms with E-state index >= 15 is 0 Å². The van der Waals surface area contributed by atoms with Crippen molar-refractivity contribution in [3.63, 3.8) is 0 Å². The first-order valence-electron chi connectivity index (χ1n) is 7.11. The Kier molecular flexibility index (Phi) is 4.04. The average molecular weight is 268 g/mol. The first-order valence-corrected chi connectivity index (χ1v) is 7.11. The van der Waals surface area contributed by atoms with Gasteiger partial charge in [0.15, 0.2) is 0 Å². The number of nitrogens with one attached hydrogen (secondary N) is 1. The number of hydrogen-bond donors (Lipinski definition) is 1. The largest absolute Gasteiger partial charge is 0.307 e. The van der Waals surface area contributed by atoms with Crippen LogP contribution < -0.4 is 5.32 Å². The van der Waals surface area contributed by atoms with Gasteiger partial charge in [-0.3, -0.25) is 4.90 Å². The lowest BCUT2D eigenvalue weighted by atomic mass is 10.0. The lowest BCUT2D eigenvalue weighted by Crippen LogP contribution is -2.51. The molecule has 4 heteroatoms. The molecule has 1 aliphatic rings. The van der Waals surface area contributed by atoms with E-state index in [-0.39, 0.29) is 0 Å². The number of piperazine rings is 1. The van der Waals surface area contributed by atoms with E-state index in [9.17, 15) is 0 Å². The molecule has 104 valence electrons. The summed E-state index contributed by atoms with van der Waals surface area (Å²) >= 11 is 0. The van der Waals surface area contributed by atoms with Gasteiger partial charge >= 0.3 is 0 Å². The Labute approximate surface area is 119 Å². The Morgan fingerprint density at radius 2 is 1.90 bits per heavy atom. The van der Waals surface area contributed by atoms with E-state index in [1.165, 1.54) is 5.56 Å². The number of rotatable bonds is 3.